The van der Waals surface area contributed by atoms with Crippen LogP contribution in [0, 0.1) is 13.8 Å². The number of aryl methyl sites for hydroxylation is 2. The molecule has 1 fully saturated rings. The molecule has 1 N–H and O–H groups in total. The van der Waals surface area contributed by atoms with Gasteiger partial charge >= 0.3 is 0 Å². The fourth-order valence-corrected chi connectivity index (χ4v) is 2.66. The molecule has 7 heteroatoms. The van der Waals surface area contributed by atoms with Gasteiger partial charge in [0.25, 0.3) is 5.91 Å². The molecule has 0 atom stereocenters. The highest BCUT2D eigenvalue weighted by Gasteiger charge is 2.21. The van der Waals surface area contributed by atoms with Crippen molar-refractivity contribution in [2.45, 2.75) is 13.8 Å². The Bertz CT molecular complexity index is 768. The van der Waals surface area contributed by atoms with Crippen LogP contribution < -0.4 is 5.32 Å². The summed E-state index contributed by atoms with van der Waals surface area (Å²) in [5.41, 5.74) is 3.77. The SMILES string of the molecule is Cc1ccc(Nc2ncc(C(=O)N3CCN(C=O)CC3)cn2)cc1C. The van der Waals surface area contributed by atoms with Crippen molar-refractivity contribution in [3.05, 3.63) is 47.3 Å². The Labute approximate surface area is 146 Å². The second-order valence-corrected chi connectivity index (χ2v) is 6.15. The largest absolute Gasteiger partial charge is 0.342 e. The normalized spacial score (nSPS) is 14.3. The van der Waals surface area contributed by atoms with Crippen LogP contribution in [0.4, 0.5) is 11.6 Å². The summed E-state index contributed by atoms with van der Waals surface area (Å²) >= 11 is 0. The van der Waals surface area contributed by atoms with Crippen LogP contribution in [0.1, 0.15) is 21.5 Å². The van der Waals surface area contributed by atoms with Crippen molar-refractivity contribution in [1.82, 2.24) is 19.8 Å². The van der Waals surface area contributed by atoms with E-state index in [9.17, 15) is 9.59 Å². The van der Waals surface area contributed by atoms with Gasteiger partial charge < -0.3 is 15.1 Å². The number of piperazine rings is 1. The second-order valence-electron chi connectivity index (χ2n) is 6.15. The molecule has 1 aromatic carbocycles. The number of aromatic nitrogens is 2. The molecule has 0 spiro atoms. The summed E-state index contributed by atoms with van der Waals surface area (Å²) in [5.74, 6) is 0.342. The summed E-state index contributed by atoms with van der Waals surface area (Å²) in [6.45, 7) is 6.28. The minimum atomic E-state index is -0.108. The molecule has 1 aliphatic heterocycles. The summed E-state index contributed by atoms with van der Waals surface area (Å²) in [7, 11) is 0. The van der Waals surface area contributed by atoms with E-state index in [0.717, 1.165) is 12.1 Å². The van der Waals surface area contributed by atoms with Crippen molar-refractivity contribution >= 4 is 24.0 Å². The van der Waals surface area contributed by atoms with Gasteiger partial charge in [-0.15, -0.1) is 0 Å². The first-order chi connectivity index (χ1) is 12.1. The Balaban J connectivity index is 1.64. The van der Waals surface area contributed by atoms with Gasteiger partial charge in [-0.2, -0.15) is 0 Å². The molecule has 25 heavy (non-hydrogen) atoms. The number of nitrogens with one attached hydrogen (secondary N) is 1. The fourth-order valence-electron chi connectivity index (χ4n) is 2.66. The average molecular weight is 339 g/mol. The van der Waals surface area contributed by atoms with E-state index < -0.39 is 0 Å². The molecule has 130 valence electrons. The van der Waals surface area contributed by atoms with E-state index in [4.69, 9.17) is 0 Å². The summed E-state index contributed by atoms with van der Waals surface area (Å²) in [6.07, 6.45) is 3.88. The monoisotopic (exact) mass is 339 g/mol. The van der Waals surface area contributed by atoms with E-state index in [1.165, 1.54) is 23.5 Å². The first-order valence-corrected chi connectivity index (χ1v) is 8.22. The summed E-state index contributed by atoms with van der Waals surface area (Å²) < 4.78 is 0. The molecule has 2 heterocycles. The maximum Gasteiger partial charge on any atom is 0.257 e. The zero-order valence-corrected chi connectivity index (χ0v) is 14.4. The Morgan fingerprint density at radius 1 is 1.08 bits per heavy atom. The third-order valence-corrected chi connectivity index (χ3v) is 4.41. The molecule has 1 saturated heterocycles. The lowest BCUT2D eigenvalue weighted by molar-refractivity contribution is -0.119. The number of benzene rings is 1. The lowest BCUT2D eigenvalue weighted by Gasteiger charge is -2.32. The van der Waals surface area contributed by atoms with Gasteiger partial charge in [0.2, 0.25) is 12.4 Å². The summed E-state index contributed by atoms with van der Waals surface area (Å²) in [5, 5.41) is 3.14. The van der Waals surface area contributed by atoms with Crippen molar-refractivity contribution in [1.29, 1.82) is 0 Å². The fraction of sp³-hybridized carbons (Fsp3) is 0.333. The van der Waals surface area contributed by atoms with Crippen LogP contribution in [0.25, 0.3) is 0 Å². The van der Waals surface area contributed by atoms with Crippen molar-refractivity contribution in [2.75, 3.05) is 31.5 Å². The molecular formula is C18H21N5O2. The third-order valence-electron chi connectivity index (χ3n) is 4.41. The van der Waals surface area contributed by atoms with Crippen LogP contribution >= 0.6 is 0 Å². The predicted molar refractivity (Wildman–Crippen MR) is 94.8 cm³/mol. The first-order valence-electron chi connectivity index (χ1n) is 8.22. The smallest absolute Gasteiger partial charge is 0.257 e. The molecule has 7 nitrogen and oxygen atoms in total. The maximum absolute atomic E-state index is 12.5. The number of nitrogens with zero attached hydrogens (tertiary/aromatic N) is 4. The van der Waals surface area contributed by atoms with Crippen molar-refractivity contribution in [3.8, 4) is 0 Å². The molecule has 3 rings (SSSR count). The van der Waals surface area contributed by atoms with E-state index in [2.05, 4.69) is 22.2 Å². The molecule has 0 saturated carbocycles. The molecule has 0 bridgehead atoms. The van der Waals surface area contributed by atoms with Crippen LogP contribution in [-0.4, -0.2) is 58.3 Å². The number of amides is 2. The molecule has 2 aromatic rings. The standard InChI is InChI=1S/C18H21N5O2/c1-13-3-4-16(9-14(13)2)21-18-19-10-15(11-20-18)17(25)23-7-5-22(12-24)6-8-23/h3-4,9-12H,5-8H2,1-2H3,(H,19,20,21). The van der Waals surface area contributed by atoms with Gasteiger partial charge in [-0.3, -0.25) is 9.59 Å². The number of carbonyl (C=O) groups is 2. The highest BCUT2D eigenvalue weighted by atomic mass is 16.2. The first kappa shape index (κ1) is 16.9. The minimum Gasteiger partial charge on any atom is -0.342 e. The number of carbonyl (C=O) groups excluding carboxylic acids is 2. The van der Waals surface area contributed by atoms with E-state index in [1.54, 1.807) is 9.80 Å². The van der Waals surface area contributed by atoms with Gasteiger partial charge in [0.1, 0.15) is 0 Å². The zero-order chi connectivity index (χ0) is 17.8. The average Bonchev–Trinajstić information content (AvgIpc) is 2.65. The van der Waals surface area contributed by atoms with Crippen molar-refractivity contribution in [2.24, 2.45) is 0 Å². The van der Waals surface area contributed by atoms with Crippen LogP contribution in [0.5, 0.6) is 0 Å². The molecular weight excluding hydrogens is 318 g/mol. The Kier molecular flexibility index (Phi) is 4.92. The maximum atomic E-state index is 12.5. The van der Waals surface area contributed by atoms with E-state index >= 15 is 0 Å². The number of anilines is 2. The molecule has 0 radical (unpaired) electrons. The van der Waals surface area contributed by atoms with Crippen LogP contribution in [0.2, 0.25) is 0 Å². The predicted octanol–water partition coefficient (Wildman–Crippen LogP) is 1.75. The van der Waals surface area contributed by atoms with Crippen molar-refractivity contribution in [3.63, 3.8) is 0 Å². The van der Waals surface area contributed by atoms with Gasteiger partial charge in [0, 0.05) is 44.3 Å². The van der Waals surface area contributed by atoms with E-state index in [1.807, 2.05) is 25.1 Å². The Hall–Kier alpha value is -2.96. The highest BCUT2D eigenvalue weighted by Crippen LogP contribution is 2.17. The molecule has 1 aromatic heterocycles. The molecule has 0 unspecified atom stereocenters. The zero-order valence-electron chi connectivity index (χ0n) is 14.4. The van der Waals surface area contributed by atoms with E-state index in [0.29, 0.717) is 37.7 Å². The highest BCUT2D eigenvalue weighted by molar-refractivity contribution is 5.93. The van der Waals surface area contributed by atoms with Gasteiger partial charge in [-0.1, -0.05) is 6.07 Å². The lowest BCUT2D eigenvalue weighted by atomic mass is 10.1. The van der Waals surface area contributed by atoms with E-state index in [-0.39, 0.29) is 5.91 Å². The van der Waals surface area contributed by atoms with Crippen molar-refractivity contribution < 1.29 is 9.59 Å². The Morgan fingerprint density at radius 2 is 1.76 bits per heavy atom. The summed E-state index contributed by atoms with van der Waals surface area (Å²) in [4.78, 5) is 35.0. The van der Waals surface area contributed by atoms with Crippen LogP contribution in [0.15, 0.2) is 30.6 Å². The second kappa shape index (κ2) is 7.29. The van der Waals surface area contributed by atoms with Crippen LogP contribution in [0.3, 0.4) is 0 Å². The number of rotatable bonds is 4. The van der Waals surface area contributed by atoms with Gasteiger partial charge in [0.15, 0.2) is 0 Å². The number of hydrogen-bond acceptors (Lipinski definition) is 5. The molecule has 1 aliphatic rings. The third kappa shape index (κ3) is 3.93. The number of hydrogen-bond donors (Lipinski definition) is 1. The Morgan fingerprint density at radius 3 is 2.36 bits per heavy atom. The molecule has 2 amide bonds. The topological polar surface area (TPSA) is 78.4 Å². The minimum absolute atomic E-state index is 0.108. The summed E-state index contributed by atoms with van der Waals surface area (Å²) in [6, 6.07) is 6.04. The van der Waals surface area contributed by atoms with Gasteiger partial charge in [0.05, 0.1) is 5.56 Å². The van der Waals surface area contributed by atoms with Crippen LogP contribution in [-0.2, 0) is 4.79 Å². The van der Waals surface area contributed by atoms with Gasteiger partial charge in [-0.05, 0) is 37.1 Å². The lowest BCUT2D eigenvalue weighted by Crippen LogP contribution is -2.48. The quantitative estimate of drug-likeness (QED) is 0.859. The van der Waals surface area contributed by atoms with Gasteiger partial charge in [-0.25, -0.2) is 9.97 Å². The molecule has 0 aliphatic carbocycles.